The number of nitrogens with one attached hydrogen (secondary N) is 2. The smallest absolute Gasteiger partial charge is 0.317 e. The molecular formula is C26H20N4O3S. The van der Waals surface area contributed by atoms with Crippen LogP contribution < -0.4 is 10.6 Å². The zero-order valence-corrected chi connectivity index (χ0v) is 18.8. The Morgan fingerprint density at radius 1 is 0.853 bits per heavy atom. The Labute approximate surface area is 200 Å². The first kappa shape index (κ1) is 21.5. The number of fused-ring (bicyclic) bond motifs is 1. The summed E-state index contributed by atoms with van der Waals surface area (Å²) in [6.45, 7) is 0. The van der Waals surface area contributed by atoms with Gasteiger partial charge in [0, 0.05) is 17.4 Å². The van der Waals surface area contributed by atoms with E-state index < -0.39 is 24.0 Å². The van der Waals surface area contributed by atoms with Crippen molar-refractivity contribution in [1.29, 1.82) is 0 Å². The van der Waals surface area contributed by atoms with Crippen LogP contribution >= 0.6 is 11.3 Å². The molecule has 4 amide bonds. The lowest BCUT2D eigenvalue weighted by molar-refractivity contribution is 0.0565. The summed E-state index contributed by atoms with van der Waals surface area (Å²) >= 11 is 1.30. The number of imide groups is 1. The fourth-order valence-electron chi connectivity index (χ4n) is 3.89. The number of carbonyl (C=O) groups is 3. The van der Waals surface area contributed by atoms with E-state index in [1.807, 2.05) is 66.0 Å². The fraction of sp³-hybridized carbons (Fsp3) is 0.0769. The number of nitrogens with zero attached hydrogens (tertiary/aromatic N) is 2. The number of urea groups is 1. The molecule has 5 rings (SSSR count). The van der Waals surface area contributed by atoms with Crippen LogP contribution in [-0.4, -0.2) is 33.9 Å². The lowest BCUT2D eigenvalue weighted by Gasteiger charge is -2.27. The van der Waals surface area contributed by atoms with E-state index in [0.29, 0.717) is 16.3 Å². The van der Waals surface area contributed by atoms with Crippen LogP contribution in [0.5, 0.6) is 0 Å². The van der Waals surface area contributed by atoms with Gasteiger partial charge in [-0.15, -0.1) is 11.3 Å². The molecular weight excluding hydrogens is 448 g/mol. The number of anilines is 1. The highest BCUT2D eigenvalue weighted by atomic mass is 32.1. The minimum Gasteiger partial charge on any atom is -0.317 e. The third kappa shape index (κ3) is 4.31. The molecule has 8 heteroatoms. The van der Waals surface area contributed by atoms with E-state index in [0.717, 1.165) is 21.7 Å². The third-order valence-electron chi connectivity index (χ3n) is 5.50. The van der Waals surface area contributed by atoms with Gasteiger partial charge in [0.25, 0.3) is 11.8 Å². The Morgan fingerprint density at radius 3 is 2.09 bits per heavy atom. The Balaban J connectivity index is 1.36. The van der Waals surface area contributed by atoms with Crippen molar-refractivity contribution in [2.75, 3.05) is 5.32 Å². The summed E-state index contributed by atoms with van der Waals surface area (Å²) in [5.41, 5.74) is 3.24. The maximum atomic E-state index is 13.1. The average Bonchev–Trinajstić information content (AvgIpc) is 3.42. The Kier molecular flexibility index (Phi) is 5.88. The molecule has 2 N–H and O–H groups in total. The number of thiazole rings is 1. The third-order valence-corrected chi connectivity index (χ3v) is 6.26. The van der Waals surface area contributed by atoms with Crippen LogP contribution in [0.1, 0.15) is 26.3 Å². The van der Waals surface area contributed by atoms with E-state index in [4.69, 9.17) is 0 Å². The van der Waals surface area contributed by atoms with Crippen molar-refractivity contribution in [3.8, 4) is 11.3 Å². The molecule has 34 heavy (non-hydrogen) atoms. The predicted molar refractivity (Wildman–Crippen MR) is 131 cm³/mol. The van der Waals surface area contributed by atoms with Crippen molar-refractivity contribution in [2.45, 2.75) is 12.6 Å². The van der Waals surface area contributed by atoms with Crippen molar-refractivity contribution < 1.29 is 14.4 Å². The van der Waals surface area contributed by atoms with Gasteiger partial charge in [0.15, 0.2) is 5.13 Å². The monoisotopic (exact) mass is 468 g/mol. The summed E-state index contributed by atoms with van der Waals surface area (Å²) in [5.74, 6) is -0.857. The molecule has 0 saturated carbocycles. The van der Waals surface area contributed by atoms with E-state index in [9.17, 15) is 14.4 Å². The SMILES string of the molecule is O=C(Nc1nc(-c2ccccc2)cs1)NC(Cc1ccccc1)N1C(=O)c2ccccc2C1=O. The minimum atomic E-state index is -0.872. The molecule has 1 aromatic heterocycles. The van der Waals surface area contributed by atoms with Crippen LogP contribution in [0.4, 0.5) is 9.93 Å². The summed E-state index contributed by atoms with van der Waals surface area (Å²) in [5, 5.41) is 7.80. The van der Waals surface area contributed by atoms with E-state index in [2.05, 4.69) is 15.6 Å². The molecule has 1 unspecified atom stereocenters. The highest BCUT2D eigenvalue weighted by molar-refractivity contribution is 7.14. The van der Waals surface area contributed by atoms with E-state index in [1.165, 1.54) is 11.3 Å². The average molecular weight is 469 g/mol. The highest BCUT2D eigenvalue weighted by Gasteiger charge is 2.40. The fourth-order valence-corrected chi connectivity index (χ4v) is 4.61. The Bertz CT molecular complexity index is 1320. The van der Waals surface area contributed by atoms with Crippen molar-refractivity contribution >= 4 is 34.3 Å². The molecule has 3 aromatic carbocycles. The predicted octanol–water partition coefficient (Wildman–Crippen LogP) is 4.80. The van der Waals surface area contributed by atoms with E-state index in [1.54, 1.807) is 24.3 Å². The molecule has 7 nitrogen and oxygen atoms in total. The van der Waals surface area contributed by atoms with Crippen molar-refractivity contribution in [1.82, 2.24) is 15.2 Å². The van der Waals surface area contributed by atoms with Crippen LogP contribution in [-0.2, 0) is 6.42 Å². The molecule has 2 heterocycles. The lowest BCUT2D eigenvalue weighted by Crippen LogP contribution is -2.53. The molecule has 1 aliphatic rings. The number of hydrogen-bond acceptors (Lipinski definition) is 5. The van der Waals surface area contributed by atoms with Gasteiger partial charge in [-0.2, -0.15) is 0 Å². The van der Waals surface area contributed by atoms with Crippen LogP contribution in [0.3, 0.4) is 0 Å². The Morgan fingerprint density at radius 2 is 1.44 bits per heavy atom. The summed E-state index contributed by atoms with van der Waals surface area (Å²) in [6, 6.07) is 25.2. The zero-order valence-electron chi connectivity index (χ0n) is 18.0. The van der Waals surface area contributed by atoms with Gasteiger partial charge in [-0.25, -0.2) is 9.78 Å². The highest BCUT2D eigenvalue weighted by Crippen LogP contribution is 2.26. The molecule has 0 saturated heterocycles. The number of hydrogen-bond donors (Lipinski definition) is 2. The van der Waals surface area contributed by atoms with Crippen LogP contribution in [0.2, 0.25) is 0 Å². The number of amides is 4. The van der Waals surface area contributed by atoms with Gasteiger partial charge >= 0.3 is 6.03 Å². The standard InChI is InChI=1S/C26H20N4O3S/c31-23-19-13-7-8-14-20(19)24(32)30(23)22(15-17-9-3-1-4-10-17)28-25(33)29-26-27-21(16-34-26)18-11-5-2-6-12-18/h1-14,16,22H,15H2,(H2,27,28,29,33). The summed E-state index contributed by atoms with van der Waals surface area (Å²) in [7, 11) is 0. The number of rotatable bonds is 6. The van der Waals surface area contributed by atoms with Crippen LogP contribution in [0.15, 0.2) is 90.3 Å². The first-order valence-electron chi connectivity index (χ1n) is 10.7. The molecule has 0 radical (unpaired) electrons. The second-order valence-electron chi connectivity index (χ2n) is 7.73. The normalized spacial score (nSPS) is 13.5. The molecule has 0 spiro atoms. The van der Waals surface area contributed by atoms with E-state index in [-0.39, 0.29) is 6.42 Å². The van der Waals surface area contributed by atoms with Gasteiger partial charge in [-0.05, 0) is 17.7 Å². The quantitative estimate of drug-likeness (QED) is 0.398. The van der Waals surface area contributed by atoms with Crippen LogP contribution in [0, 0.1) is 0 Å². The minimum absolute atomic E-state index is 0.271. The van der Waals surface area contributed by atoms with Crippen LogP contribution in [0.25, 0.3) is 11.3 Å². The zero-order chi connectivity index (χ0) is 23.5. The first-order valence-corrected chi connectivity index (χ1v) is 11.6. The lowest BCUT2D eigenvalue weighted by atomic mass is 10.1. The number of benzene rings is 3. The second-order valence-corrected chi connectivity index (χ2v) is 8.59. The maximum Gasteiger partial charge on any atom is 0.322 e. The number of aromatic nitrogens is 1. The molecule has 1 atom stereocenters. The van der Waals surface area contributed by atoms with Crippen molar-refractivity contribution in [3.05, 3.63) is 107 Å². The molecule has 4 aromatic rings. The summed E-state index contributed by atoms with van der Waals surface area (Å²) in [4.78, 5) is 44.6. The molecule has 0 fully saturated rings. The van der Waals surface area contributed by atoms with E-state index >= 15 is 0 Å². The maximum absolute atomic E-state index is 13.1. The van der Waals surface area contributed by atoms with Gasteiger partial charge in [0.1, 0.15) is 6.17 Å². The van der Waals surface area contributed by atoms with Gasteiger partial charge < -0.3 is 5.32 Å². The summed E-state index contributed by atoms with van der Waals surface area (Å²) in [6.07, 6.45) is -0.601. The Hall–Kier alpha value is -4.30. The van der Waals surface area contributed by atoms with Crippen molar-refractivity contribution in [3.63, 3.8) is 0 Å². The van der Waals surface area contributed by atoms with Gasteiger partial charge in [-0.3, -0.25) is 19.8 Å². The van der Waals surface area contributed by atoms with Gasteiger partial charge in [0.2, 0.25) is 0 Å². The van der Waals surface area contributed by atoms with Gasteiger partial charge in [-0.1, -0.05) is 72.8 Å². The molecule has 0 bridgehead atoms. The molecule has 0 aliphatic carbocycles. The molecule has 1 aliphatic heterocycles. The summed E-state index contributed by atoms with van der Waals surface area (Å²) < 4.78 is 0. The largest absolute Gasteiger partial charge is 0.322 e. The topological polar surface area (TPSA) is 91.4 Å². The van der Waals surface area contributed by atoms with Gasteiger partial charge in [0.05, 0.1) is 16.8 Å². The second kappa shape index (κ2) is 9.29. The number of carbonyl (C=O) groups excluding carboxylic acids is 3. The first-order chi connectivity index (χ1) is 16.6. The van der Waals surface area contributed by atoms with Crippen molar-refractivity contribution in [2.24, 2.45) is 0 Å². The molecule has 168 valence electrons.